The van der Waals surface area contributed by atoms with Gasteiger partial charge in [-0.05, 0) is 39.0 Å². The highest BCUT2D eigenvalue weighted by Gasteiger charge is 2.35. The fourth-order valence-electron chi connectivity index (χ4n) is 2.53. The van der Waals surface area contributed by atoms with Crippen LogP contribution in [0.2, 0.25) is 0 Å². The van der Waals surface area contributed by atoms with E-state index >= 15 is 0 Å². The molecule has 2 N–H and O–H groups in total. The van der Waals surface area contributed by atoms with E-state index in [1.165, 1.54) is 0 Å². The van der Waals surface area contributed by atoms with E-state index in [9.17, 15) is 9.90 Å². The van der Waals surface area contributed by atoms with Gasteiger partial charge in [-0.2, -0.15) is 0 Å². The molecule has 0 spiro atoms. The monoisotopic (exact) mass is 301 g/mol. The molecule has 0 aromatic heterocycles. The fourth-order valence-corrected chi connectivity index (χ4v) is 2.53. The maximum absolute atomic E-state index is 11.9. The van der Waals surface area contributed by atoms with Gasteiger partial charge in [0.2, 0.25) is 0 Å². The summed E-state index contributed by atoms with van der Waals surface area (Å²) in [5.74, 6) is 0.859. The molecule has 21 heavy (non-hydrogen) atoms. The number of aliphatic hydroxyl groups is 1. The SMILES string of the molecule is CCC(CC)CC(CO)(CNC(=O)OC(C)(C)C)C(C)C. The van der Waals surface area contributed by atoms with Crippen LogP contribution < -0.4 is 5.32 Å². The molecule has 0 radical (unpaired) electrons. The Morgan fingerprint density at radius 1 is 1.19 bits per heavy atom. The van der Waals surface area contributed by atoms with Crippen LogP contribution in [-0.4, -0.2) is 30.0 Å². The number of hydrogen-bond donors (Lipinski definition) is 2. The van der Waals surface area contributed by atoms with Crippen LogP contribution in [0.3, 0.4) is 0 Å². The largest absolute Gasteiger partial charge is 0.444 e. The molecule has 126 valence electrons. The molecule has 0 saturated carbocycles. The van der Waals surface area contributed by atoms with Gasteiger partial charge < -0.3 is 15.2 Å². The van der Waals surface area contributed by atoms with Gasteiger partial charge >= 0.3 is 6.09 Å². The predicted octanol–water partition coefficient (Wildman–Crippen LogP) is 3.97. The topological polar surface area (TPSA) is 58.6 Å². The lowest BCUT2D eigenvalue weighted by molar-refractivity contribution is 0.0293. The molecule has 0 aliphatic rings. The standard InChI is InChI=1S/C17H35NO3/c1-8-14(9-2)10-17(12-19,13(3)4)11-18-15(20)21-16(5,6)7/h13-14,19H,8-12H2,1-7H3,(H,18,20). The van der Waals surface area contributed by atoms with Crippen molar-refractivity contribution in [3.8, 4) is 0 Å². The average Bonchev–Trinajstić information content (AvgIpc) is 2.37. The smallest absolute Gasteiger partial charge is 0.407 e. The van der Waals surface area contributed by atoms with Crippen LogP contribution in [0.5, 0.6) is 0 Å². The third-order valence-corrected chi connectivity index (χ3v) is 4.37. The van der Waals surface area contributed by atoms with E-state index in [1.54, 1.807) is 0 Å². The maximum atomic E-state index is 11.9. The molecule has 1 atom stereocenters. The highest BCUT2D eigenvalue weighted by molar-refractivity contribution is 5.67. The molecule has 0 aromatic rings. The van der Waals surface area contributed by atoms with Gasteiger partial charge in [-0.15, -0.1) is 0 Å². The Hall–Kier alpha value is -0.770. The summed E-state index contributed by atoms with van der Waals surface area (Å²) in [7, 11) is 0. The number of carbonyl (C=O) groups excluding carboxylic acids is 1. The van der Waals surface area contributed by atoms with Crippen molar-refractivity contribution in [2.75, 3.05) is 13.2 Å². The van der Waals surface area contributed by atoms with E-state index < -0.39 is 11.7 Å². The summed E-state index contributed by atoms with van der Waals surface area (Å²) in [5.41, 5.74) is -0.785. The van der Waals surface area contributed by atoms with E-state index in [0.29, 0.717) is 12.5 Å². The number of alkyl carbamates (subject to hydrolysis) is 1. The first-order valence-electron chi connectivity index (χ1n) is 8.18. The van der Waals surface area contributed by atoms with Crippen molar-refractivity contribution in [3.05, 3.63) is 0 Å². The van der Waals surface area contributed by atoms with E-state index in [4.69, 9.17) is 4.74 Å². The van der Waals surface area contributed by atoms with Crippen molar-refractivity contribution in [2.24, 2.45) is 17.3 Å². The number of amides is 1. The Morgan fingerprint density at radius 2 is 1.71 bits per heavy atom. The van der Waals surface area contributed by atoms with Gasteiger partial charge in [0.1, 0.15) is 5.60 Å². The van der Waals surface area contributed by atoms with Crippen LogP contribution >= 0.6 is 0 Å². The summed E-state index contributed by atoms with van der Waals surface area (Å²) < 4.78 is 5.28. The van der Waals surface area contributed by atoms with Crippen molar-refractivity contribution in [1.82, 2.24) is 5.32 Å². The Bertz CT molecular complexity index is 306. The highest BCUT2D eigenvalue weighted by Crippen LogP contribution is 2.36. The number of hydrogen-bond acceptors (Lipinski definition) is 3. The molecule has 0 rings (SSSR count). The Balaban J connectivity index is 4.80. The lowest BCUT2D eigenvalue weighted by Crippen LogP contribution is -2.46. The summed E-state index contributed by atoms with van der Waals surface area (Å²) in [5, 5.41) is 12.8. The molecular weight excluding hydrogens is 266 g/mol. The number of carbonyl (C=O) groups is 1. The molecule has 1 amide bonds. The van der Waals surface area contributed by atoms with Gasteiger partial charge in [0, 0.05) is 12.0 Å². The van der Waals surface area contributed by atoms with E-state index in [-0.39, 0.29) is 17.9 Å². The molecular formula is C17H35NO3. The Morgan fingerprint density at radius 3 is 2.05 bits per heavy atom. The minimum Gasteiger partial charge on any atom is -0.444 e. The van der Waals surface area contributed by atoms with E-state index in [1.807, 2.05) is 20.8 Å². The van der Waals surface area contributed by atoms with Gasteiger partial charge in [-0.1, -0.05) is 40.5 Å². The molecule has 1 unspecified atom stereocenters. The van der Waals surface area contributed by atoms with Crippen LogP contribution in [0.1, 0.15) is 67.7 Å². The van der Waals surface area contributed by atoms with Gasteiger partial charge in [0.15, 0.2) is 0 Å². The van der Waals surface area contributed by atoms with Crippen LogP contribution in [0.15, 0.2) is 0 Å². The fraction of sp³-hybridized carbons (Fsp3) is 0.941. The molecule has 4 nitrogen and oxygen atoms in total. The van der Waals surface area contributed by atoms with Crippen molar-refractivity contribution < 1.29 is 14.6 Å². The number of nitrogens with one attached hydrogen (secondary N) is 1. The summed E-state index contributed by atoms with van der Waals surface area (Å²) in [6.07, 6.45) is 2.70. The number of rotatable bonds is 8. The Kier molecular flexibility index (Phi) is 8.30. The minimum atomic E-state index is -0.501. The number of aliphatic hydroxyl groups excluding tert-OH is 1. The van der Waals surface area contributed by atoms with Crippen LogP contribution in [0.4, 0.5) is 4.79 Å². The summed E-state index contributed by atoms with van der Waals surface area (Å²) in [4.78, 5) is 11.9. The molecule has 0 saturated heterocycles. The van der Waals surface area contributed by atoms with Gasteiger partial charge in [0.25, 0.3) is 0 Å². The third kappa shape index (κ3) is 7.16. The molecule has 0 aliphatic carbocycles. The highest BCUT2D eigenvalue weighted by atomic mass is 16.6. The molecule has 0 bridgehead atoms. The van der Waals surface area contributed by atoms with Crippen LogP contribution in [-0.2, 0) is 4.74 Å². The van der Waals surface area contributed by atoms with Crippen molar-refractivity contribution in [2.45, 2.75) is 73.3 Å². The molecule has 0 heterocycles. The van der Waals surface area contributed by atoms with Gasteiger partial charge in [0.05, 0.1) is 6.61 Å². The average molecular weight is 301 g/mol. The third-order valence-electron chi connectivity index (χ3n) is 4.37. The zero-order valence-corrected chi connectivity index (χ0v) is 15.0. The second kappa shape index (κ2) is 8.62. The van der Waals surface area contributed by atoms with E-state index in [0.717, 1.165) is 19.3 Å². The quantitative estimate of drug-likeness (QED) is 0.713. The second-order valence-corrected chi connectivity index (χ2v) is 7.42. The van der Waals surface area contributed by atoms with Crippen molar-refractivity contribution in [3.63, 3.8) is 0 Å². The van der Waals surface area contributed by atoms with Crippen molar-refractivity contribution >= 4 is 6.09 Å². The zero-order chi connectivity index (χ0) is 16.7. The molecule has 0 aliphatic heterocycles. The first-order chi connectivity index (χ1) is 9.60. The predicted molar refractivity (Wildman–Crippen MR) is 87.3 cm³/mol. The van der Waals surface area contributed by atoms with Gasteiger partial charge in [-0.3, -0.25) is 0 Å². The molecule has 4 heteroatoms. The van der Waals surface area contributed by atoms with Crippen LogP contribution in [0.25, 0.3) is 0 Å². The van der Waals surface area contributed by atoms with Crippen LogP contribution in [0, 0.1) is 17.3 Å². The first-order valence-corrected chi connectivity index (χ1v) is 8.18. The van der Waals surface area contributed by atoms with Crippen molar-refractivity contribution in [1.29, 1.82) is 0 Å². The molecule has 0 aromatic carbocycles. The second-order valence-electron chi connectivity index (χ2n) is 7.42. The maximum Gasteiger partial charge on any atom is 0.407 e. The number of ether oxygens (including phenoxy) is 1. The van der Waals surface area contributed by atoms with E-state index in [2.05, 4.69) is 33.0 Å². The van der Waals surface area contributed by atoms with Gasteiger partial charge in [-0.25, -0.2) is 4.79 Å². The first kappa shape index (κ1) is 20.2. The normalized spacial score (nSPS) is 15.1. The minimum absolute atomic E-state index is 0.0803. The lowest BCUT2D eigenvalue weighted by Gasteiger charge is -2.39. The summed E-state index contributed by atoms with van der Waals surface area (Å²) in [6, 6.07) is 0. The zero-order valence-electron chi connectivity index (χ0n) is 15.0. The lowest BCUT2D eigenvalue weighted by atomic mass is 9.70. The molecule has 0 fully saturated rings. The summed E-state index contributed by atoms with van der Waals surface area (Å²) >= 11 is 0. The summed E-state index contributed by atoms with van der Waals surface area (Å²) in [6.45, 7) is 14.6. The Labute approximate surface area is 130 Å².